The fourth-order valence-electron chi connectivity index (χ4n) is 1.51. The van der Waals surface area contributed by atoms with E-state index >= 15 is 0 Å². The predicted molar refractivity (Wildman–Crippen MR) is 72.3 cm³/mol. The fraction of sp³-hybridized carbons (Fsp3) is 0. The molecule has 21 heavy (non-hydrogen) atoms. The maximum atomic E-state index is 13.3. The number of nitrogens with one attached hydrogen (secondary N) is 1. The van der Waals surface area contributed by atoms with E-state index in [-0.39, 0.29) is 22.7 Å². The SMILES string of the molecule is O=[N+]([O-])c1ccc(O)c(/C=N\Nc2ccc(F)cc2F)c1. The Balaban J connectivity index is 2.17. The first kappa shape index (κ1) is 14.4. The van der Waals surface area contributed by atoms with Crippen molar-refractivity contribution >= 4 is 17.6 Å². The summed E-state index contributed by atoms with van der Waals surface area (Å²) in [5, 5.41) is 23.8. The molecule has 0 saturated heterocycles. The van der Waals surface area contributed by atoms with E-state index in [0.717, 1.165) is 36.5 Å². The van der Waals surface area contributed by atoms with E-state index in [4.69, 9.17) is 0 Å². The fourth-order valence-corrected chi connectivity index (χ4v) is 1.51. The summed E-state index contributed by atoms with van der Waals surface area (Å²) in [6.07, 6.45) is 1.09. The molecular formula is C13H9F2N3O3. The average molecular weight is 293 g/mol. The second-order valence-electron chi connectivity index (χ2n) is 3.99. The summed E-state index contributed by atoms with van der Waals surface area (Å²) in [6, 6.07) is 6.28. The van der Waals surface area contributed by atoms with Crippen molar-refractivity contribution in [1.29, 1.82) is 0 Å². The molecule has 0 aliphatic heterocycles. The van der Waals surface area contributed by atoms with E-state index in [1.807, 2.05) is 0 Å². The Kier molecular flexibility index (Phi) is 4.07. The Morgan fingerprint density at radius 3 is 2.67 bits per heavy atom. The molecule has 2 aromatic carbocycles. The minimum absolute atomic E-state index is 0.0717. The molecule has 0 aliphatic carbocycles. The first-order chi connectivity index (χ1) is 9.97. The number of anilines is 1. The molecule has 0 spiro atoms. The van der Waals surface area contributed by atoms with Crippen LogP contribution in [-0.2, 0) is 0 Å². The zero-order chi connectivity index (χ0) is 15.4. The molecule has 0 heterocycles. The van der Waals surface area contributed by atoms with Gasteiger partial charge < -0.3 is 5.11 Å². The third kappa shape index (κ3) is 3.50. The Labute approximate surface area is 117 Å². The van der Waals surface area contributed by atoms with Crippen LogP contribution in [-0.4, -0.2) is 16.2 Å². The largest absolute Gasteiger partial charge is 0.507 e. The molecule has 2 aromatic rings. The monoisotopic (exact) mass is 293 g/mol. The van der Waals surface area contributed by atoms with E-state index in [9.17, 15) is 24.0 Å². The van der Waals surface area contributed by atoms with Gasteiger partial charge in [-0.1, -0.05) is 0 Å². The second kappa shape index (κ2) is 5.95. The molecule has 0 fully saturated rings. The lowest BCUT2D eigenvalue weighted by Gasteiger charge is -2.02. The van der Waals surface area contributed by atoms with Gasteiger partial charge in [0, 0.05) is 23.8 Å². The molecule has 0 amide bonds. The van der Waals surface area contributed by atoms with Crippen molar-refractivity contribution in [2.75, 3.05) is 5.43 Å². The van der Waals surface area contributed by atoms with Crippen LogP contribution >= 0.6 is 0 Å². The first-order valence-electron chi connectivity index (χ1n) is 5.69. The van der Waals surface area contributed by atoms with Crippen LogP contribution in [0.1, 0.15) is 5.56 Å². The summed E-state index contributed by atoms with van der Waals surface area (Å²) in [5.41, 5.74) is 2.10. The van der Waals surface area contributed by atoms with Crippen molar-refractivity contribution in [2.24, 2.45) is 5.10 Å². The van der Waals surface area contributed by atoms with Gasteiger partial charge in [-0.15, -0.1) is 0 Å². The van der Waals surface area contributed by atoms with Crippen LogP contribution in [0.3, 0.4) is 0 Å². The molecule has 0 aromatic heterocycles. The van der Waals surface area contributed by atoms with Crippen LogP contribution in [0.4, 0.5) is 20.2 Å². The zero-order valence-electron chi connectivity index (χ0n) is 10.5. The average Bonchev–Trinajstić information content (AvgIpc) is 2.43. The van der Waals surface area contributed by atoms with Crippen LogP contribution < -0.4 is 5.43 Å². The lowest BCUT2D eigenvalue weighted by atomic mass is 10.2. The highest BCUT2D eigenvalue weighted by Crippen LogP contribution is 2.21. The van der Waals surface area contributed by atoms with Crippen LogP contribution in [0.5, 0.6) is 5.75 Å². The Hall–Kier alpha value is -3.03. The van der Waals surface area contributed by atoms with Crippen molar-refractivity contribution in [3.63, 3.8) is 0 Å². The third-order valence-corrected chi connectivity index (χ3v) is 2.54. The normalized spacial score (nSPS) is 10.8. The predicted octanol–water partition coefficient (Wildman–Crippen LogP) is 3.02. The van der Waals surface area contributed by atoms with Crippen molar-refractivity contribution in [3.05, 3.63) is 63.7 Å². The number of rotatable bonds is 4. The van der Waals surface area contributed by atoms with Gasteiger partial charge in [0.05, 0.1) is 16.8 Å². The Bertz CT molecular complexity index is 720. The summed E-state index contributed by atoms with van der Waals surface area (Å²) in [6.45, 7) is 0. The quantitative estimate of drug-likeness (QED) is 0.515. The smallest absolute Gasteiger partial charge is 0.270 e. The number of nitro benzene ring substituents is 1. The number of hydrogen-bond donors (Lipinski definition) is 2. The molecule has 2 N–H and O–H groups in total. The van der Waals surface area contributed by atoms with Gasteiger partial charge in [0.1, 0.15) is 11.6 Å². The van der Waals surface area contributed by atoms with Gasteiger partial charge in [-0.05, 0) is 18.2 Å². The van der Waals surface area contributed by atoms with Gasteiger partial charge in [-0.25, -0.2) is 8.78 Å². The highest BCUT2D eigenvalue weighted by molar-refractivity contribution is 5.84. The maximum Gasteiger partial charge on any atom is 0.270 e. The molecule has 0 saturated carbocycles. The number of nitro groups is 1. The van der Waals surface area contributed by atoms with Gasteiger partial charge in [-0.3, -0.25) is 15.5 Å². The van der Waals surface area contributed by atoms with Crippen molar-refractivity contribution in [2.45, 2.75) is 0 Å². The van der Waals surface area contributed by atoms with Crippen molar-refractivity contribution in [1.82, 2.24) is 0 Å². The van der Waals surface area contributed by atoms with E-state index in [1.54, 1.807) is 0 Å². The number of phenolic OH excluding ortho intramolecular Hbond substituents is 1. The lowest BCUT2D eigenvalue weighted by Crippen LogP contribution is -1.95. The number of halogens is 2. The van der Waals surface area contributed by atoms with Crippen molar-refractivity contribution in [3.8, 4) is 5.75 Å². The summed E-state index contributed by atoms with van der Waals surface area (Å²) in [4.78, 5) is 9.99. The Morgan fingerprint density at radius 1 is 1.24 bits per heavy atom. The minimum atomic E-state index is -0.838. The molecule has 0 bridgehead atoms. The number of aromatic hydroxyl groups is 1. The Morgan fingerprint density at radius 2 is 2.00 bits per heavy atom. The molecule has 0 unspecified atom stereocenters. The van der Waals surface area contributed by atoms with Crippen LogP contribution in [0.25, 0.3) is 0 Å². The number of benzene rings is 2. The van der Waals surface area contributed by atoms with Gasteiger partial charge >= 0.3 is 0 Å². The second-order valence-corrected chi connectivity index (χ2v) is 3.99. The highest BCUT2D eigenvalue weighted by Gasteiger charge is 2.08. The molecule has 0 aliphatic rings. The molecular weight excluding hydrogens is 284 g/mol. The van der Waals surface area contributed by atoms with Crippen molar-refractivity contribution < 1.29 is 18.8 Å². The summed E-state index contributed by atoms with van der Waals surface area (Å²) >= 11 is 0. The van der Waals surface area contributed by atoms with Crippen LogP contribution in [0.15, 0.2) is 41.5 Å². The van der Waals surface area contributed by atoms with E-state index in [2.05, 4.69) is 10.5 Å². The van der Waals surface area contributed by atoms with E-state index < -0.39 is 16.6 Å². The summed E-state index contributed by atoms with van der Waals surface area (Å²) in [7, 11) is 0. The molecule has 2 rings (SSSR count). The molecule has 0 radical (unpaired) electrons. The number of non-ortho nitro benzene ring substituents is 1. The van der Waals surface area contributed by atoms with E-state index in [1.165, 1.54) is 0 Å². The zero-order valence-corrected chi connectivity index (χ0v) is 10.5. The van der Waals surface area contributed by atoms with Gasteiger partial charge in [-0.2, -0.15) is 5.10 Å². The van der Waals surface area contributed by atoms with Gasteiger partial charge in [0.2, 0.25) is 0 Å². The van der Waals surface area contributed by atoms with E-state index in [0.29, 0.717) is 6.07 Å². The first-order valence-corrected chi connectivity index (χ1v) is 5.69. The molecule has 6 nitrogen and oxygen atoms in total. The third-order valence-electron chi connectivity index (χ3n) is 2.54. The minimum Gasteiger partial charge on any atom is -0.507 e. The lowest BCUT2D eigenvalue weighted by molar-refractivity contribution is -0.384. The molecule has 108 valence electrons. The topological polar surface area (TPSA) is 87.8 Å². The maximum absolute atomic E-state index is 13.3. The molecule has 8 heteroatoms. The molecule has 0 atom stereocenters. The van der Waals surface area contributed by atoms with Gasteiger partial charge in [0.25, 0.3) is 5.69 Å². The van der Waals surface area contributed by atoms with Crippen LogP contribution in [0.2, 0.25) is 0 Å². The number of hydrazone groups is 1. The summed E-state index contributed by atoms with van der Waals surface area (Å²) < 4.78 is 26.0. The summed E-state index contributed by atoms with van der Waals surface area (Å²) in [5.74, 6) is -1.78. The standard InChI is InChI=1S/C13H9F2N3O3/c14-9-1-3-12(11(15)6-9)17-16-7-8-5-10(18(20)21)2-4-13(8)19/h1-7,17,19H/b16-7-. The van der Waals surface area contributed by atoms with Crippen LogP contribution in [0, 0.1) is 21.7 Å². The number of phenols is 1. The highest BCUT2D eigenvalue weighted by atomic mass is 19.1. The van der Waals surface area contributed by atoms with Gasteiger partial charge in [0.15, 0.2) is 5.82 Å². The number of hydrogen-bond acceptors (Lipinski definition) is 5. The number of nitrogens with zero attached hydrogens (tertiary/aromatic N) is 2.